The first-order chi connectivity index (χ1) is 10.7. The number of hydrogen-bond acceptors (Lipinski definition) is 3. The van der Waals surface area contributed by atoms with Crippen molar-refractivity contribution in [3.8, 4) is 0 Å². The molecule has 1 fully saturated rings. The fourth-order valence-corrected chi connectivity index (χ4v) is 2.03. The number of anilines is 1. The minimum absolute atomic E-state index is 0.0664. The number of halogens is 3. The van der Waals surface area contributed by atoms with Crippen molar-refractivity contribution in [2.75, 3.05) is 18.5 Å². The Hall–Kier alpha value is -2.09. The van der Waals surface area contributed by atoms with Crippen molar-refractivity contribution in [1.29, 1.82) is 0 Å². The number of aliphatic hydroxyl groups is 1. The molecule has 8 heteroatoms. The number of carbonyl (C=O) groups is 2. The molecule has 2 amide bonds. The molecular formula is C15H17F3N2O3. The van der Waals surface area contributed by atoms with Gasteiger partial charge in [-0.05, 0) is 37.5 Å². The van der Waals surface area contributed by atoms with Gasteiger partial charge in [0.05, 0.1) is 12.2 Å². The number of benzene rings is 1. The highest BCUT2D eigenvalue weighted by atomic mass is 19.4. The molecule has 0 aliphatic heterocycles. The Morgan fingerprint density at radius 2 is 1.91 bits per heavy atom. The van der Waals surface area contributed by atoms with Gasteiger partial charge in [0.15, 0.2) is 0 Å². The predicted molar refractivity (Wildman–Crippen MR) is 76.6 cm³/mol. The molecule has 3 N–H and O–H groups in total. The van der Waals surface area contributed by atoms with E-state index in [2.05, 4.69) is 10.6 Å². The summed E-state index contributed by atoms with van der Waals surface area (Å²) in [7, 11) is 0. The molecule has 1 aliphatic carbocycles. The van der Waals surface area contributed by atoms with Gasteiger partial charge in [0.2, 0.25) is 0 Å². The largest absolute Gasteiger partial charge is 0.416 e. The van der Waals surface area contributed by atoms with Crippen molar-refractivity contribution in [3.05, 3.63) is 29.3 Å². The van der Waals surface area contributed by atoms with E-state index in [0.29, 0.717) is 5.56 Å². The standard InChI is InChI=1S/C15H17F3N2O3/c1-9-2-3-10(15(16,17)18)6-11(9)20-13(23)12(22)19-7-14(8-21)4-5-14/h2-3,6,21H,4-5,7-8H2,1H3,(H,19,22)(H,20,23). The Bertz CT molecular complexity index is 625. The molecule has 1 saturated carbocycles. The van der Waals surface area contributed by atoms with Crippen LogP contribution in [0.15, 0.2) is 18.2 Å². The van der Waals surface area contributed by atoms with E-state index in [1.807, 2.05) is 0 Å². The lowest BCUT2D eigenvalue weighted by atomic mass is 10.1. The van der Waals surface area contributed by atoms with Gasteiger partial charge < -0.3 is 15.7 Å². The zero-order valence-electron chi connectivity index (χ0n) is 12.5. The molecule has 1 aromatic rings. The summed E-state index contributed by atoms with van der Waals surface area (Å²) in [6.45, 7) is 1.61. The zero-order chi connectivity index (χ0) is 17.3. The highest BCUT2D eigenvalue weighted by Crippen LogP contribution is 2.44. The number of aliphatic hydroxyl groups excluding tert-OH is 1. The van der Waals surface area contributed by atoms with E-state index in [1.165, 1.54) is 13.0 Å². The van der Waals surface area contributed by atoms with Gasteiger partial charge in [-0.2, -0.15) is 13.2 Å². The van der Waals surface area contributed by atoms with Crippen LogP contribution in [0.5, 0.6) is 0 Å². The fourth-order valence-electron chi connectivity index (χ4n) is 2.03. The minimum Gasteiger partial charge on any atom is -0.396 e. The van der Waals surface area contributed by atoms with Crippen LogP contribution in [0.3, 0.4) is 0 Å². The number of amides is 2. The van der Waals surface area contributed by atoms with E-state index in [1.54, 1.807) is 0 Å². The van der Waals surface area contributed by atoms with Gasteiger partial charge in [0.25, 0.3) is 0 Å². The van der Waals surface area contributed by atoms with Crippen LogP contribution in [0.1, 0.15) is 24.0 Å². The fraction of sp³-hybridized carbons (Fsp3) is 0.467. The normalized spacial score (nSPS) is 15.9. The highest BCUT2D eigenvalue weighted by Gasteiger charge is 2.42. The quantitative estimate of drug-likeness (QED) is 0.737. The molecule has 2 rings (SSSR count). The Kier molecular flexibility index (Phi) is 4.65. The van der Waals surface area contributed by atoms with E-state index >= 15 is 0 Å². The third-order valence-corrected chi connectivity index (χ3v) is 3.94. The number of rotatable bonds is 4. The SMILES string of the molecule is Cc1ccc(C(F)(F)F)cc1NC(=O)C(=O)NCC1(CO)CC1. The van der Waals surface area contributed by atoms with Crippen LogP contribution in [0.25, 0.3) is 0 Å². The van der Waals surface area contributed by atoms with Crippen molar-refractivity contribution in [2.45, 2.75) is 25.9 Å². The molecule has 0 radical (unpaired) electrons. The Balaban J connectivity index is 2.00. The first-order valence-corrected chi connectivity index (χ1v) is 7.05. The maximum absolute atomic E-state index is 12.7. The van der Waals surface area contributed by atoms with Crippen LogP contribution in [0, 0.1) is 12.3 Å². The second kappa shape index (κ2) is 6.19. The molecule has 0 aromatic heterocycles. The molecule has 5 nitrogen and oxygen atoms in total. The number of aryl methyl sites for hydroxylation is 1. The Labute approximate surface area is 130 Å². The van der Waals surface area contributed by atoms with Gasteiger partial charge in [-0.1, -0.05) is 6.07 Å². The van der Waals surface area contributed by atoms with Crippen LogP contribution >= 0.6 is 0 Å². The van der Waals surface area contributed by atoms with Gasteiger partial charge in [-0.25, -0.2) is 0 Å². The Morgan fingerprint density at radius 3 is 2.43 bits per heavy atom. The van der Waals surface area contributed by atoms with Crippen LogP contribution in [0.2, 0.25) is 0 Å². The summed E-state index contributed by atoms with van der Waals surface area (Å²) in [6, 6.07) is 2.92. The smallest absolute Gasteiger partial charge is 0.396 e. The van der Waals surface area contributed by atoms with E-state index in [9.17, 15) is 22.8 Å². The number of nitrogens with one attached hydrogen (secondary N) is 2. The molecule has 126 valence electrons. The maximum atomic E-state index is 12.7. The molecule has 0 atom stereocenters. The van der Waals surface area contributed by atoms with E-state index < -0.39 is 23.6 Å². The molecule has 23 heavy (non-hydrogen) atoms. The lowest BCUT2D eigenvalue weighted by Gasteiger charge is -2.14. The number of carbonyl (C=O) groups excluding carboxylic acids is 2. The Morgan fingerprint density at radius 1 is 1.26 bits per heavy atom. The van der Waals surface area contributed by atoms with E-state index in [-0.39, 0.29) is 24.3 Å². The molecule has 1 aromatic carbocycles. The van der Waals surface area contributed by atoms with Crippen LogP contribution < -0.4 is 10.6 Å². The monoisotopic (exact) mass is 330 g/mol. The molecule has 1 aliphatic rings. The summed E-state index contributed by atoms with van der Waals surface area (Å²) in [6.07, 6.45) is -3.01. The molecule has 0 saturated heterocycles. The average Bonchev–Trinajstić information content (AvgIpc) is 3.26. The van der Waals surface area contributed by atoms with Crippen molar-refractivity contribution in [1.82, 2.24) is 5.32 Å². The first-order valence-electron chi connectivity index (χ1n) is 7.05. The topological polar surface area (TPSA) is 78.4 Å². The van der Waals surface area contributed by atoms with E-state index in [0.717, 1.165) is 25.0 Å². The summed E-state index contributed by atoms with van der Waals surface area (Å²) < 4.78 is 38.0. The number of alkyl halides is 3. The summed E-state index contributed by atoms with van der Waals surface area (Å²) in [5.74, 6) is -1.98. The second-order valence-corrected chi connectivity index (χ2v) is 5.82. The lowest BCUT2D eigenvalue weighted by molar-refractivity contribution is -0.137. The van der Waals surface area contributed by atoms with Crippen LogP contribution in [-0.2, 0) is 15.8 Å². The van der Waals surface area contributed by atoms with Crippen molar-refractivity contribution in [3.63, 3.8) is 0 Å². The third-order valence-electron chi connectivity index (χ3n) is 3.94. The number of hydrogen-bond donors (Lipinski definition) is 3. The first kappa shape index (κ1) is 17.3. The van der Waals surface area contributed by atoms with Gasteiger partial charge >= 0.3 is 18.0 Å². The summed E-state index contributed by atoms with van der Waals surface area (Å²) >= 11 is 0. The molecule has 0 spiro atoms. The maximum Gasteiger partial charge on any atom is 0.416 e. The summed E-state index contributed by atoms with van der Waals surface area (Å²) in [5.41, 5.74) is -0.922. The van der Waals surface area contributed by atoms with Gasteiger partial charge in [-0.3, -0.25) is 9.59 Å². The average molecular weight is 330 g/mol. The van der Waals surface area contributed by atoms with Crippen molar-refractivity contribution < 1.29 is 27.9 Å². The second-order valence-electron chi connectivity index (χ2n) is 5.82. The summed E-state index contributed by atoms with van der Waals surface area (Å²) in [4.78, 5) is 23.5. The van der Waals surface area contributed by atoms with Crippen molar-refractivity contribution in [2.24, 2.45) is 5.41 Å². The minimum atomic E-state index is -4.53. The van der Waals surface area contributed by atoms with Crippen LogP contribution in [0.4, 0.5) is 18.9 Å². The van der Waals surface area contributed by atoms with E-state index in [4.69, 9.17) is 5.11 Å². The van der Waals surface area contributed by atoms with Crippen LogP contribution in [-0.4, -0.2) is 30.1 Å². The van der Waals surface area contributed by atoms with Gasteiger partial charge in [0, 0.05) is 17.6 Å². The molecular weight excluding hydrogens is 313 g/mol. The summed E-state index contributed by atoms with van der Waals surface area (Å²) in [5, 5.41) is 13.7. The predicted octanol–water partition coefficient (Wildman–Crippen LogP) is 1.84. The molecule has 0 heterocycles. The zero-order valence-corrected chi connectivity index (χ0v) is 12.5. The molecule has 0 unspecified atom stereocenters. The highest BCUT2D eigenvalue weighted by molar-refractivity contribution is 6.39. The molecule has 0 bridgehead atoms. The van der Waals surface area contributed by atoms with Gasteiger partial charge in [-0.15, -0.1) is 0 Å². The lowest BCUT2D eigenvalue weighted by Crippen LogP contribution is -2.39. The third kappa shape index (κ3) is 4.22. The van der Waals surface area contributed by atoms with Gasteiger partial charge in [0.1, 0.15) is 0 Å². The van der Waals surface area contributed by atoms with Crippen molar-refractivity contribution >= 4 is 17.5 Å².